The highest BCUT2D eigenvalue weighted by molar-refractivity contribution is 7.88. The average molecular weight is 324 g/mol. The molecular formula is C16H24N2O3S. The highest BCUT2D eigenvalue weighted by Crippen LogP contribution is 2.21. The third-order valence-electron chi connectivity index (χ3n) is 4.11. The number of carbonyl (C=O) groups excluding carboxylic acids is 1. The van der Waals surface area contributed by atoms with Crippen LogP contribution in [-0.2, 0) is 21.4 Å². The number of carbonyl (C=O) groups is 1. The molecule has 1 aliphatic heterocycles. The molecule has 2 rings (SSSR count). The number of amides is 1. The van der Waals surface area contributed by atoms with Gasteiger partial charge in [-0.05, 0) is 25.3 Å². The van der Waals surface area contributed by atoms with E-state index in [-0.39, 0.29) is 11.8 Å². The van der Waals surface area contributed by atoms with Crippen molar-refractivity contribution in [1.29, 1.82) is 0 Å². The van der Waals surface area contributed by atoms with Gasteiger partial charge in [-0.3, -0.25) is 4.79 Å². The first-order valence-corrected chi connectivity index (χ1v) is 9.54. The summed E-state index contributed by atoms with van der Waals surface area (Å²) in [4.78, 5) is 14.5. The number of hydrogen-bond acceptors (Lipinski definition) is 3. The van der Waals surface area contributed by atoms with Crippen molar-refractivity contribution in [3.63, 3.8) is 0 Å². The van der Waals surface area contributed by atoms with Gasteiger partial charge in [0.05, 0.1) is 12.2 Å². The molecule has 122 valence electrons. The van der Waals surface area contributed by atoms with Crippen LogP contribution in [0.1, 0.15) is 25.3 Å². The molecule has 0 aliphatic carbocycles. The van der Waals surface area contributed by atoms with Crippen molar-refractivity contribution >= 4 is 15.9 Å². The molecule has 1 atom stereocenters. The van der Waals surface area contributed by atoms with Gasteiger partial charge in [-0.25, -0.2) is 12.7 Å². The van der Waals surface area contributed by atoms with E-state index >= 15 is 0 Å². The van der Waals surface area contributed by atoms with Crippen molar-refractivity contribution in [2.24, 2.45) is 5.92 Å². The van der Waals surface area contributed by atoms with Crippen LogP contribution in [0.15, 0.2) is 30.3 Å². The predicted octanol–water partition coefficient (Wildman–Crippen LogP) is 1.71. The number of rotatable bonds is 5. The first kappa shape index (κ1) is 17.0. The lowest BCUT2D eigenvalue weighted by Crippen LogP contribution is -2.46. The highest BCUT2D eigenvalue weighted by atomic mass is 32.2. The molecule has 1 aliphatic rings. The second kappa shape index (κ2) is 7.24. The molecule has 1 amide bonds. The van der Waals surface area contributed by atoms with Gasteiger partial charge in [0, 0.05) is 26.2 Å². The normalized spacial score (nSPS) is 19.8. The SMILES string of the molecule is CCN(Cc1ccccc1)C(=O)C1CCCN(S(C)(=O)=O)C1. The molecule has 22 heavy (non-hydrogen) atoms. The zero-order chi connectivity index (χ0) is 16.2. The summed E-state index contributed by atoms with van der Waals surface area (Å²) in [6.45, 7) is 3.99. The third-order valence-corrected chi connectivity index (χ3v) is 5.38. The van der Waals surface area contributed by atoms with Crippen LogP contribution in [0.3, 0.4) is 0 Å². The molecule has 1 aromatic rings. The average Bonchev–Trinajstić information content (AvgIpc) is 2.52. The number of benzene rings is 1. The maximum absolute atomic E-state index is 12.7. The fourth-order valence-corrected chi connectivity index (χ4v) is 3.76. The standard InChI is InChI=1S/C16H24N2O3S/c1-3-17(12-14-8-5-4-6-9-14)16(19)15-10-7-11-18(13-15)22(2,20)21/h4-6,8-9,15H,3,7,10-13H2,1-2H3. The van der Waals surface area contributed by atoms with E-state index in [0.717, 1.165) is 18.4 Å². The zero-order valence-corrected chi connectivity index (χ0v) is 14.1. The Morgan fingerprint density at radius 2 is 2.00 bits per heavy atom. The van der Waals surface area contributed by atoms with Gasteiger partial charge in [0.25, 0.3) is 0 Å². The summed E-state index contributed by atoms with van der Waals surface area (Å²) >= 11 is 0. The first-order chi connectivity index (χ1) is 10.4. The van der Waals surface area contributed by atoms with E-state index in [0.29, 0.717) is 26.2 Å². The Balaban J connectivity index is 2.05. The van der Waals surface area contributed by atoms with Crippen molar-refractivity contribution in [1.82, 2.24) is 9.21 Å². The van der Waals surface area contributed by atoms with E-state index in [4.69, 9.17) is 0 Å². The van der Waals surface area contributed by atoms with Crippen LogP contribution in [0, 0.1) is 5.92 Å². The summed E-state index contributed by atoms with van der Waals surface area (Å²) in [6.07, 6.45) is 2.71. The minimum atomic E-state index is -3.22. The maximum Gasteiger partial charge on any atom is 0.227 e. The maximum atomic E-state index is 12.7. The molecule has 0 aromatic heterocycles. The minimum absolute atomic E-state index is 0.0553. The second-order valence-corrected chi connectivity index (χ2v) is 7.78. The van der Waals surface area contributed by atoms with Crippen LogP contribution in [0.2, 0.25) is 0 Å². The molecule has 0 radical (unpaired) electrons. The fourth-order valence-electron chi connectivity index (χ4n) is 2.85. The molecule has 1 fully saturated rings. The summed E-state index contributed by atoms with van der Waals surface area (Å²) in [7, 11) is -3.22. The summed E-state index contributed by atoms with van der Waals surface area (Å²) in [5.41, 5.74) is 1.09. The van der Waals surface area contributed by atoms with Crippen LogP contribution >= 0.6 is 0 Å². The van der Waals surface area contributed by atoms with Crippen LogP contribution in [-0.4, -0.2) is 49.4 Å². The molecule has 0 N–H and O–H groups in total. The van der Waals surface area contributed by atoms with E-state index in [1.807, 2.05) is 42.2 Å². The van der Waals surface area contributed by atoms with Gasteiger partial charge < -0.3 is 4.90 Å². The van der Waals surface area contributed by atoms with E-state index in [9.17, 15) is 13.2 Å². The summed E-state index contributed by atoms with van der Waals surface area (Å²) < 4.78 is 24.8. The van der Waals surface area contributed by atoms with Crippen molar-refractivity contribution in [2.45, 2.75) is 26.3 Å². The van der Waals surface area contributed by atoms with Crippen LogP contribution < -0.4 is 0 Å². The Kier molecular flexibility index (Phi) is 5.58. The van der Waals surface area contributed by atoms with Crippen molar-refractivity contribution < 1.29 is 13.2 Å². The lowest BCUT2D eigenvalue weighted by molar-refractivity contribution is -0.137. The quantitative estimate of drug-likeness (QED) is 0.828. The lowest BCUT2D eigenvalue weighted by atomic mass is 9.98. The van der Waals surface area contributed by atoms with Gasteiger partial charge in [-0.15, -0.1) is 0 Å². The molecule has 1 unspecified atom stereocenters. The molecular weight excluding hydrogens is 300 g/mol. The summed E-state index contributed by atoms with van der Waals surface area (Å²) in [5.74, 6) is -0.174. The van der Waals surface area contributed by atoms with Gasteiger partial charge >= 0.3 is 0 Å². The Bertz CT molecular complexity index is 601. The Labute approximate surface area is 133 Å². The number of piperidine rings is 1. The zero-order valence-electron chi connectivity index (χ0n) is 13.2. The van der Waals surface area contributed by atoms with Gasteiger partial charge in [0.2, 0.25) is 15.9 Å². The van der Waals surface area contributed by atoms with Gasteiger partial charge in [-0.1, -0.05) is 30.3 Å². The van der Waals surface area contributed by atoms with E-state index in [1.54, 1.807) is 0 Å². The minimum Gasteiger partial charge on any atom is -0.338 e. The van der Waals surface area contributed by atoms with Gasteiger partial charge in [0.15, 0.2) is 0 Å². The van der Waals surface area contributed by atoms with Crippen molar-refractivity contribution in [2.75, 3.05) is 25.9 Å². The van der Waals surface area contributed by atoms with Crippen LogP contribution in [0.5, 0.6) is 0 Å². The van der Waals surface area contributed by atoms with Crippen LogP contribution in [0.4, 0.5) is 0 Å². The largest absolute Gasteiger partial charge is 0.338 e. The highest BCUT2D eigenvalue weighted by Gasteiger charge is 2.32. The molecule has 1 saturated heterocycles. The number of sulfonamides is 1. The fraction of sp³-hybridized carbons (Fsp3) is 0.562. The predicted molar refractivity (Wildman–Crippen MR) is 86.7 cm³/mol. The Morgan fingerprint density at radius 1 is 1.32 bits per heavy atom. The summed E-state index contributed by atoms with van der Waals surface area (Å²) in [6, 6.07) is 9.87. The first-order valence-electron chi connectivity index (χ1n) is 7.69. The number of nitrogens with zero attached hydrogens (tertiary/aromatic N) is 2. The van der Waals surface area contributed by atoms with Gasteiger partial charge in [-0.2, -0.15) is 0 Å². The second-order valence-electron chi connectivity index (χ2n) is 5.80. The van der Waals surface area contributed by atoms with Crippen molar-refractivity contribution in [3.05, 3.63) is 35.9 Å². The molecule has 5 nitrogen and oxygen atoms in total. The van der Waals surface area contributed by atoms with E-state index < -0.39 is 10.0 Å². The lowest BCUT2D eigenvalue weighted by Gasteiger charge is -2.33. The topological polar surface area (TPSA) is 57.7 Å². The molecule has 0 bridgehead atoms. The molecule has 1 aromatic carbocycles. The molecule has 0 spiro atoms. The van der Waals surface area contributed by atoms with E-state index in [2.05, 4.69) is 0 Å². The molecule has 1 heterocycles. The molecule has 6 heteroatoms. The van der Waals surface area contributed by atoms with Crippen LogP contribution in [0.25, 0.3) is 0 Å². The summed E-state index contributed by atoms with van der Waals surface area (Å²) in [5, 5.41) is 0. The van der Waals surface area contributed by atoms with Gasteiger partial charge in [0.1, 0.15) is 0 Å². The number of hydrogen-bond donors (Lipinski definition) is 0. The van der Waals surface area contributed by atoms with E-state index in [1.165, 1.54) is 10.6 Å². The van der Waals surface area contributed by atoms with Crippen molar-refractivity contribution in [3.8, 4) is 0 Å². The monoisotopic (exact) mass is 324 g/mol. The smallest absolute Gasteiger partial charge is 0.227 e. The molecule has 0 saturated carbocycles. The Hall–Kier alpha value is -1.40. The Morgan fingerprint density at radius 3 is 2.59 bits per heavy atom. The third kappa shape index (κ3) is 4.30.